The van der Waals surface area contributed by atoms with Crippen LogP contribution in [-0.4, -0.2) is 50.5 Å². The van der Waals surface area contributed by atoms with E-state index in [1.165, 1.54) is 30.1 Å². The minimum absolute atomic E-state index is 0.126. The molecule has 11 nitrogen and oxygen atoms in total. The van der Waals surface area contributed by atoms with Gasteiger partial charge in [-0.05, 0) is 78.6 Å². The van der Waals surface area contributed by atoms with Crippen molar-refractivity contribution in [3.8, 4) is 23.0 Å². The quantitative estimate of drug-likeness (QED) is 0.130. The van der Waals surface area contributed by atoms with E-state index in [1.807, 2.05) is 42.5 Å². The highest BCUT2D eigenvalue weighted by atomic mass is 35.5. The lowest BCUT2D eigenvalue weighted by Gasteiger charge is -2.25. The van der Waals surface area contributed by atoms with Gasteiger partial charge in [-0.2, -0.15) is 0 Å². The summed E-state index contributed by atoms with van der Waals surface area (Å²) in [6.07, 6.45) is 1.70. The number of ether oxygens (including phenoxy) is 6. The van der Waals surface area contributed by atoms with E-state index in [4.69, 9.17) is 40.0 Å². The number of benzene rings is 4. The second-order valence-electron chi connectivity index (χ2n) is 11.8. The average Bonchev–Trinajstić information content (AvgIpc) is 3.46. The molecule has 0 N–H and O–H groups in total. The maximum atomic E-state index is 14.3. The number of carbonyl (C=O) groups excluding carboxylic acids is 2. The molecule has 1 atom stereocenters. The van der Waals surface area contributed by atoms with E-state index in [0.717, 1.165) is 16.3 Å². The molecular formula is C40H37ClN2O9S. The maximum Gasteiger partial charge on any atom is 0.343 e. The van der Waals surface area contributed by atoms with Crippen molar-refractivity contribution in [2.24, 2.45) is 4.99 Å². The monoisotopic (exact) mass is 756 g/mol. The van der Waals surface area contributed by atoms with E-state index < -0.39 is 18.0 Å². The fourth-order valence-electron chi connectivity index (χ4n) is 6.07. The normalized spacial score (nSPS) is 14.0. The standard InChI is InChI=1S/C40H37ClN2O9S/c1-6-49-31-20-26(15-16-30(31)51-22-34(44)48-5)36-35(39(46)50-7-2)23(3)42-40-43(36)38(45)33(53-40)19-24-17-29(41)37(32(18-24)47-4)52-21-27-13-10-12-25-11-8-9-14-28(25)27/h8-20,36H,6-7,21-22H2,1-5H3/b33-19-/t36-/m1/s1. The number of fused-ring (bicyclic) bond motifs is 2. The van der Waals surface area contributed by atoms with Gasteiger partial charge in [-0.15, -0.1) is 0 Å². The summed E-state index contributed by atoms with van der Waals surface area (Å²) in [5.74, 6) is 0.217. The van der Waals surface area contributed by atoms with Crippen molar-refractivity contribution in [1.29, 1.82) is 0 Å². The third kappa shape index (κ3) is 7.79. The molecule has 0 radical (unpaired) electrons. The molecule has 1 aliphatic heterocycles. The lowest BCUT2D eigenvalue weighted by atomic mass is 9.95. The van der Waals surface area contributed by atoms with Crippen LogP contribution in [0.15, 0.2) is 93.9 Å². The predicted molar refractivity (Wildman–Crippen MR) is 202 cm³/mol. The van der Waals surface area contributed by atoms with Crippen LogP contribution in [0.1, 0.15) is 43.5 Å². The molecule has 4 aromatic carbocycles. The number of esters is 2. The van der Waals surface area contributed by atoms with E-state index in [2.05, 4.69) is 4.99 Å². The van der Waals surface area contributed by atoms with Gasteiger partial charge in [0.05, 0.1) is 54.3 Å². The van der Waals surface area contributed by atoms with E-state index in [-0.39, 0.29) is 31.0 Å². The first-order valence-electron chi connectivity index (χ1n) is 16.8. The molecule has 0 spiro atoms. The zero-order valence-electron chi connectivity index (χ0n) is 29.8. The summed E-state index contributed by atoms with van der Waals surface area (Å²) in [5.41, 5.74) is 2.36. The minimum Gasteiger partial charge on any atom is -0.493 e. The fraction of sp³-hybridized carbons (Fsp3) is 0.250. The third-order valence-electron chi connectivity index (χ3n) is 8.48. The van der Waals surface area contributed by atoms with Crippen LogP contribution < -0.4 is 33.8 Å². The smallest absolute Gasteiger partial charge is 0.343 e. The highest BCUT2D eigenvalue weighted by molar-refractivity contribution is 7.07. The summed E-state index contributed by atoms with van der Waals surface area (Å²) in [7, 11) is 2.79. The molecule has 0 aliphatic carbocycles. The van der Waals surface area contributed by atoms with E-state index >= 15 is 0 Å². The zero-order chi connectivity index (χ0) is 37.6. The van der Waals surface area contributed by atoms with Crippen molar-refractivity contribution < 1.29 is 38.0 Å². The number of aromatic nitrogens is 1. The molecule has 5 aromatic rings. The Kier molecular flexibility index (Phi) is 11.5. The molecule has 6 rings (SSSR count). The Bertz CT molecular complexity index is 2410. The summed E-state index contributed by atoms with van der Waals surface area (Å²) in [5, 5.41) is 2.49. The molecule has 0 saturated heterocycles. The van der Waals surface area contributed by atoms with Gasteiger partial charge in [-0.25, -0.2) is 14.6 Å². The Hall–Kier alpha value is -5.59. The van der Waals surface area contributed by atoms with Crippen molar-refractivity contribution in [3.63, 3.8) is 0 Å². The van der Waals surface area contributed by atoms with Gasteiger partial charge in [-0.1, -0.05) is 71.5 Å². The molecule has 53 heavy (non-hydrogen) atoms. The second-order valence-corrected chi connectivity index (χ2v) is 13.2. The Morgan fingerprint density at radius 2 is 1.72 bits per heavy atom. The number of carbonyl (C=O) groups is 2. The second kappa shape index (κ2) is 16.4. The molecule has 2 heterocycles. The Morgan fingerprint density at radius 3 is 2.47 bits per heavy atom. The van der Waals surface area contributed by atoms with Gasteiger partial charge >= 0.3 is 11.9 Å². The summed E-state index contributed by atoms with van der Waals surface area (Å²) in [6.45, 7) is 5.57. The van der Waals surface area contributed by atoms with E-state index in [1.54, 1.807) is 57.2 Å². The van der Waals surface area contributed by atoms with Crippen LogP contribution in [0.4, 0.5) is 0 Å². The number of thiazole rings is 1. The van der Waals surface area contributed by atoms with Gasteiger partial charge in [0.1, 0.15) is 6.61 Å². The molecule has 1 aliphatic rings. The topological polar surface area (TPSA) is 124 Å². The van der Waals surface area contributed by atoms with Gasteiger partial charge in [0.25, 0.3) is 5.56 Å². The van der Waals surface area contributed by atoms with Crippen molar-refractivity contribution >= 4 is 51.7 Å². The fourth-order valence-corrected chi connectivity index (χ4v) is 7.39. The van der Waals surface area contributed by atoms with Crippen LogP contribution in [0.3, 0.4) is 0 Å². The highest BCUT2D eigenvalue weighted by Gasteiger charge is 2.34. The lowest BCUT2D eigenvalue weighted by Crippen LogP contribution is -2.40. The van der Waals surface area contributed by atoms with Crippen molar-refractivity contribution in [2.45, 2.75) is 33.4 Å². The predicted octanol–water partition coefficient (Wildman–Crippen LogP) is 6.14. The van der Waals surface area contributed by atoms with Crippen molar-refractivity contribution in [3.05, 3.63) is 125 Å². The first-order chi connectivity index (χ1) is 25.7. The third-order valence-corrected chi connectivity index (χ3v) is 9.74. The first-order valence-corrected chi connectivity index (χ1v) is 18.0. The molecule has 0 amide bonds. The molecule has 0 saturated carbocycles. The van der Waals surface area contributed by atoms with Crippen molar-refractivity contribution in [2.75, 3.05) is 34.0 Å². The number of nitrogens with zero attached hydrogens (tertiary/aromatic N) is 2. The summed E-state index contributed by atoms with van der Waals surface area (Å²) in [4.78, 5) is 44.6. The number of methoxy groups -OCH3 is 2. The Labute approximate surface area is 314 Å². The van der Waals surface area contributed by atoms with Gasteiger partial charge in [0.2, 0.25) is 0 Å². The Balaban J connectivity index is 1.40. The van der Waals surface area contributed by atoms with E-state index in [0.29, 0.717) is 60.8 Å². The number of hydrogen-bond acceptors (Lipinski definition) is 11. The van der Waals surface area contributed by atoms with Gasteiger partial charge in [-0.3, -0.25) is 9.36 Å². The number of hydrogen-bond donors (Lipinski definition) is 0. The molecule has 0 bridgehead atoms. The van der Waals surface area contributed by atoms with Crippen LogP contribution in [0.5, 0.6) is 23.0 Å². The van der Waals surface area contributed by atoms with Gasteiger partial charge < -0.3 is 28.4 Å². The zero-order valence-corrected chi connectivity index (χ0v) is 31.3. The molecular weight excluding hydrogens is 720 g/mol. The summed E-state index contributed by atoms with van der Waals surface area (Å²) >= 11 is 7.95. The number of allylic oxidation sites excluding steroid dienone is 1. The van der Waals surface area contributed by atoms with Gasteiger partial charge in [0.15, 0.2) is 34.4 Å². The van der Waals surface area contributed by atoms with E-state index in [9.17, 15) is 14.4 Å². The molecule has 13 heteroatoms. The van der Waals surface area contributed by atoms with Gasteiger partial charge in [0, 0.05) is 0 Å². The van der Waals surface area contributed by atoms with Crippen LogP contribution >= 0.6 is 22.9 Å². The summed E-state index contributed by atoms with van der Waals surface area (Å²) in [6, 6.07) is 21.6. The number of halogens is 1. The minimum atomic E-state index is -0.913. The lowest BCUT2D eigenvalue weighted by molar-refractivity contribution is -0.143. The van der Waals surface area contributed by atoms with Crippen LogP contribution in [0.2, 0.25) is 5.02 Å². The SMILES string of the molecule is CCOC(=O)C1=C(C)N=c2s/c(=C\c3cc(Cl)c(OCc4cccc5ccccc45)c(OC)c3)c(=O)n2[C@@H]1c1ccc(OCC(=O)OC)c(OCC)c1. The largest absolute Gasteiger partial charge is 0.493 e. The summed E-state index contributed by atoms with van der Waals surface area (Å²) < 4.78 is 35.3. The number of rotatable bonds is 13. The molecule has 274 valence electrons. The first kappa shape index (κ1) is 37.2. The highest BCUT2D eigenvalue weighted by Crippen LogP contribution is 2.39. The van der Waals surface area contributed by atoms with Crippen LogP contribution in [0.25, 0.3) is 16.8 Å². The average molecular weight is 757 g/mol. The van der Waals surface area contributed by atoms with Crippen molar-refractivity contribution in [1.82, 2.24) is 4.57 Å². The maximum absolute atomic E-state index is 14.3. The molecule has 0 unspecified atom stereocenters. The molecule has 0 fully saturated rings. The Morgan fingerprint density at radius 1 is 0.925 bits per heavy atom. The van der Waals surface area contributed by atoms with Crippen LogP contribution in [-0.2, 0) is 25.7 Å². The van der Waals surface area contributed by atoms with Crippen LogP contribution in [0, 0.1) is 0 Å². The molecule has 1 aromatic heterocycles.